The van der Waals surface area contributed by atoms with E-state index in [9.17, 15) is 9.59 Å². The summed E-state index contributed by atoms with van der Waals surface area (Å²) in [6.45, 7) is 4.13. The molecule has 2 aromatic rings. The first-order chi connectivity index (χ1) is 15.7. The van der Waals surface area contributed by atoms with Crippen LogP contribution >= 0.6 is 22.9 Å². The SMILES string of the molecule is CC(C)(Oc1ccc(Cl)cc1)C(=O)NC1C2CC3C[C@@H]1CC(C(=O)NCc1cncs1)(C3)C2. The fourth-order valence-electron chi connectivity index (χ4n) is 6.39. The molecule has 5 atom stereocenters. The predicted molar refractivity (Wildman–Crippen MR) is 128 cm³/mol. The Morgan fingerprint density at radius 1 is 1.18 bits per heavy atom. The van der Waals surface area contributed by atoms with Crippen LogP contribution in [0.2, 0.25) is 5.02 Å². The van der Waals surface area contributed by atoms with E-state index in [0.717, 1.165) is 37.0 Å². The molecule has 4 fully saturated rings. The second-order valence-electron chi connectivity index (χ2n) is 10.5. The summed E-state index contributed by atoms with van der Waals surface area (Å²) in [4.78, 5) is 31.7. The second kappa shape index (κ2) is 8.58. The minimum atomic E-state index is -1.01. The van der Waals surface area contributed by atoms with Crippen molar-refractivity contribution in [2.75, 3.05) is 0 Å². The normalized spacial score (nSPS) is 30.2. The number of hydrogen-bond donors (Lipinski definition) is 2. The predicted octanol–water partition coefficient (Wildman–Crippen LogP) is 4.58. The van der Waals surface area contributed by atoms with Gasteiger partial charge in [-0.15, -0.1) is 11.3 Å². The topological polar surface area (TPSA) is 80.3 Å². The molecule has 4 saturated carbocycles. The molecule has 0 aliphatic heterocycles. The van der Waals surface area contributed by atoms with Crippen LogP contribution in [0.5, 0.6) is 5.75 Å². The lowest BCUT2D eigenvalue weighted by Gasteiger charge is -2.59. The number of aromatic nitrogens is 1. The van der Waals surface area contributed by atoms with Gasteiger partial charge in [0.1, 0.15) is 5.75 Å². The lowest BCUT2D eigenvalue weighted by atomic mass is 9.47. The molecular weight excluding hydrogens is 458 g/mol. The first-order valence-electron chi connectivity index (χ1n) is 11.7. The van der Waals surface area contributed by atoms with Crippen molar-refractivity contribution in [3.63, 3.8) is 0 Å². The van der Waals surface area contributed by atoms with E-state index in [4.69, 9.17) is 16.3 Å². The number of hydrogen-bond acceptors (Lipinski definition) is 5. The van der Waals surface area contributed by atoms with Gasteiger partial charge in [-0.2, -0.15) is 0 Å². The number of nitrogens with zero attached hydrogens (tertiary/aromatic N) is 1. The van der Waals surface area contributed by atoms with Gasteiger partial charge in [-0.25, -0.2) is 0 Å². The van der Waals surface area contributed by atoms with E-state index in [2.05, 4.69) is 15.6 Å². The van der Waals surface area contributed by atoms with Crippen LogP contribution in [0, 0.1) is 23.2 Å². The fraction of sp³-hybridized carbons (Fsp3) is 0.560. The van der Waals surface area contributed by atoms with Gasteiger partial charge in [0, 0.05) is 22.1 Å². The molecule has 4 bridgehead atoms. The highest BCUT2D eigenvalue weighted by molar-refractivity contribution is 7.09. The summed E-state index contributed by atoms with van der Waals surface area (Å²) >= 11 is 7.52. The Hall–Kier alpha value is -2.12. The monoisotopic (exact) mass is 487 g/mol. The van der Waals surface area contributed by atoms with E-state index in [1.165, 1.54) is 0 Å². The summed E-state index contributed by atoms with van der Waals surface area (Å²) in [5.74, 6) is 1.91. The van der Waals surface area contributed by atoms with Gasteiger partial charge in [-0.05, 0) is 88.0 Å². The Morgan fingerprint density at radius 3 is 2.52 bits per heavy atom. The molecule has 6 nitrogen and oxygen atoms in total. The van der Waals surface area contributed by atoms with Gasteiger partial charge in [0.15, 0.2) is 5.60 Å². The van der Waals surface area contributed by atoms with Crippen molar-refractivity contribution in [2.45, 2.75) is 64.1 Å². The van der Waals surface area contributed by atoms with Gasteiger partial charge in [-0.1, -0.05) is 11.6 Å². The number of benzene rings is 1. The molecule has 0 saturated heterocycles. The molecule has 176 valence electrons. The average molecular weight is 488 g/mol. The van der Waals surface area contributed by atoms with Crippen LogP contribution in [0.1, 0.15) is 50.8 Å². The van der Waals surface area contributed by atoms with Gasteiger partial charge < -0.3 is 15.4 Å². The molecule has 8 heteroatoms. The van der Waals surface area contributed by atoms with Crippen LogP contribution < -0.4 is 15.4 Å². The number of amides is 2. The average Bonchev–Trinajstić information content (AvgIpc) is 3.29. The van der Waals surface area contributed by atoms with E-state index in [-0.39, 0.29) is 23.3 Å². The first kappa shape index (κ1) is 22.7. The van der Waals surface area contributed by atoms with Crippen molar-refractivity contribution in [3.8, 4) is 5.75 Å². The summed E-state index contributed by atoms with van der Waals surface area (Å²) in [6.07, 6.45) is 6.65. The zero-order chi connectivity index (χ0) is 23.2. The summed E-state index contributed by atoms with van der Waals surface area (Å²) in [7, 11) is 0. The number of ether oxygens (including phenoxy) is 1. The number of thiazole rings is 1. The largest absolute Gasteiger partial charge is 0.478 e. The third kappa shape index (κ3) is 4.50. The molecule has 1 aromatic heterocycles. The van der Waals surface area contributed by atoms with Gasteiger partial charge in [-0.3, -0.25) is 14.6 Å². The van der Waals surface area contributed by atoms with E-state index in [1.54, 1.807) is 55.0 Å². The Morgan fingerprint density at radius 2 is 1.88 bits per heavy atom. The Labute approximate surface area is 203 Å². The quantitative estimate of drug-likeness (QED) is 0.599. The fourth-order valence-corrected chi connectivity index (χ4v) is 7.05. The number of nitrogens with one attached hydrogen (secondary N) is 2. The van der Waals surface area contributed by atoms with Crippen molar-refractivity contribution in [2.24, 2.45) is 23.2 Å². The lowest BCUT2D eigenvalue weighted by Crippen LogP contribution is -2.64. The third-order valence-corrected chi connectivity index (χ3v) is 8.72. The van der Waals surface area contributed by atoms with Gasteiger partial charge in [0.05, 0.1) is 17.5 Å². The summed E-state index contributed by atoms with van der Waals surface area (Å²) in [5, 5.41) is 7.11. The van der Waals surface area contributed by atoms with E-state index in [1.807, 2.05) is 6.20 Å². The first-order valence-corrected chi connectivity index (χ1v) is 12.9. The molecule has 0 spiro atoms. The molecule has 1 heterocycles. The summed E-state index contributed by atoms with van der Waals surface area (Å²) in [5.41, 5.74) is 0.488. The van der Waals surface area contributed by atoms with Gasteiger partial charge in [0.2, 0.25) is 5.91 Å². The van der Waals surface area contributed by atoms with Crippen LogP contribution in [-0.4, -0.2) is 28.4 Å². The van der Waals surface area contributed by atoms with Crippen LogP contribution in [-0.2, 0) is 16.1 Å². The minimum Gasteiger partial charge on any atom is -0.478 e. The molecule has 33 heavy (non-hydrogen) atoms. The molecule has 2 N–H and O–H groups in total. The third-order valence-electron chi connectivity index (χ3n) is 7.69. The molecule has 2 amide bonds. The van der Waals surface area contributed by atoms with Crippen molar-refractivity contribution < 1.29 is 14.3 Å². The highest BCUT2D eigenvalue weighted by Crippen LogP contribution is 2.60. The van der Waals surface area contributed by atoms with E-state index < -0.39 is 5.60 Å². The Balaban J connectivity index is 1.24. The van der Waals surface area contributed by atoms with Crippen LogP contribution in [0.4, 0.5) is 0 Å². The number of halogens is 1. The highest BCUT2D eigenvalue weighted by Gasteiger charge is 2.59. The highest BCUT2D eigenvalue weighted by atomic mass is 35.5. The van der Waals surface area contributed by atoms with Gasteiger partial charge in [0.25, 0.3) is 5.91 Å². The summed E-state index contributed by atoms with van der Waals surface area (Å²) in [6, 6.07) is 7.15. The number of carbonyl (C=O) groups excluding carboxylic acids is 2. The van der Waals surface area contributed by atoms with E-state index >= 15 is 0 Å². The van der Waals surface area contributed by atoms with Gasteiger partial charge >= 0.3 is 0 Å². The zero-order valence-electron chi connectivity index (χ0n) is 19.0. The van der Waals surface area contributed by atoms with Crippen LogP contribution in [0.25, 0.3) is 0 Å². The molecule has 4 aliphatic carbocycles. The zero-order valence-corrected chi connectivity index (χ0v) is 20.5. The van der Waals surface area contributed by atoms with Crippen molar-refractivity contribution >= 4 is 34.8 Å². The van der Waals surface area contributed by atoms with Crippen molar-refractivity contribution in [1.82, 2.24) is 15.6 Å². The maximum atomic E-state index is 13.3. The Kier molecular flexibility index (Phi) is 5.90. The molecule has 4 unspecified atom stereocenters. The molecule has 6 rings (SSSR count). The smallest absolute Gasteiger partial charge is 0.263 e. The molecule has 1 aromatic carbocycles. The molecule has 4 aliphatic rings. The maximum absolute atomic E-state index is 13.3. The van der Waals surface area contributed by atoms with Crippen molar-refractivity contribution in [1.29, 1.82) is 0 Å². The van der Waals surface area contributed by atoms with E-state index in [0.29, 0.717) is 35.1 Å². The molecule has 0 radical (unpaired) electrons. The lowest BCUT2D eigenvalue weighted by molar-refractivity contribution is -0.152. The van der Waals surface area contributed by atoms with Crippen molar-refractivity contribution in [3.05, 3.63) is 45.9 Å². The van der Waals surface area contributed by atoms with Crippen LogP contribution in [0.15, 0.2) is 36.0 Å². The summed E-state index contributed by atoms with van der Waals surface area (Å²) < 4.78 is 6.00. The minimum absolute atomic E-state index is 0.101. The second-order valence-corrected chi connectivity index (χ2v) is 11.9. The van der Waals surface area contributed by atoms with Crippen LogP contribution in [0.3, 0.4) is 0 Å². The number of rotatable bonds is 7. The maximum Gasteiger partial charge on any atom is 0.263 e. The number of carbonyl (C=O) groups is 2. The standard InChI is InChI=1S/C25H30ClN3O3S/c1-24(2,32-19-5-3-18(26)4-6-19)22(30)29-21-16-7-15-8-17(21)11-25(9-15,10-16)23(31)28-13-20-12-27-14-33-20/h3-6,12,14-17,21H,7-11,13H2,1-2H3,(H,28,31)(H,29,30)/t15?,16-,17?,21?,25?/m1/s1. The molecular formula is C25H30ClN3O3S. The Bertz CT molecular complexity index is 1010.